The molecule has 2 aliphatic carbocycles. The fourth-order valence-corrected chi connectivity index (χ4v) is 2.19. The van der Waals surface area contributed by atoms with Crippen molar-refractivity contribution < 1.29 is 8.78 Å². The van der Waals surface area contributed by atoms with Crippen LogP contribution in [-0.2, 0) is 0 Å². The summed E-state index contributed by atoms with van der Waals surface area (Å²) in [4.78, 5) is 0. The monoisotopic (exact) mass is 196 g/mol. The van der Waals surface area contributed by atoms with Gasteiger partial charge in [0.1, 0.15) is 12.0 Å². The standard InChI is InChI=1S/C12H14F2/c1-7-3-4-10-9(5-7)6-11(13)8(2)12(10)14/h3-4,9,11H,5-6H2,1-2H3. The molecule has 0 aliphatic heterocycles. The molecule has 0 radical (unpaired) electrons. The van der Waals surface area contributed by atoms with Crippen LogP contribution in [0.5, 0.6) is 0 Å². The first-order valence-electron chi connectivity index (χ1n) is 4.97. The average Bonchev–Trinajstić information content (AvgIpc) is 2.14. The molecule has 2 atom stereocenters. The van der Waals surface area contributed by atoms with Crippen molar-refractivity contribution in [2.24, 2.45) is 5.92 Å². The third-order valence-corrected chi connectivity index (χ3v) is 3.12. The normalized spacial score (nSPS) is 32.3. The molecule has 0 aromatic heterocycles. The summed E-state index contributed by atoms with van der Waals surface area (Å²) in [7, 11) is 0. The van der Waals surface area contributed by atoms with Gasteiger partial charge in [0.25, 0.3) is 0 Å². The van der Waals surface area contributed by atoms with E-state index in [2.05, 4.69) is 0 Å². The van der Waals surface area contributed by atoms with E-state index in [0.717, 1.165) is 6.42 Å². The zero-order valence-electron chi connectivity index (χ0n) is 8.48. The first kappa shape index (κ1) is 9.63. The minimum atomic E-state index is -1.09. The molecule has 0 saturated heterocycles. The number of alkyl halides is 1. The van der Waals surface area contributed by atoms with Crippen LogP contribution in [0.15, 0.2) is 34.7 Å². The molecule has 0 saturated carbocycles. The molecule has 0 heterocycles. The number of hydrogen-bond donors (Lipinski definition) is 0. The lowest BCUT2D eigenvalue weighted by Gasteiger charge is -2.30. The van der Waals surface area contributed by atoms with Crippen LogP contribution in [0.4, 0.5) is 8.78 Å². The second-order valence-electron chi connectivity index (χ2n) is 4.24. The zero-order chi connectivity index (χ0) is 10.3. The summed E-state index contributed by atoms with van der Waals surface area (Å²) in [6.45, 7) is 3.55. The van der Waals surface area contributed by atoms with Gasteiger partial charge in [-0.15, -0.1) is 0 Å². The smallest absolute Gasteiger partial charge is 0.128 e. The molecule has 0 aromatic rings. The molecule has 2 rings (SSSR count). The predicted octanol–water partition coefficient (Wildman–Crippen LogP) is 3.86. The van der Waals surface area contributed by atoms with E-state index in [1.165, 1.54) is 5.57 Å². The summed E-state index contributed by atoms with van der Waals surface area (Å²) >= 11 is 0. The molecule has 0 aromatic carbocycles. The van der Waals surface area contributed by atoms with Gasteiger partial charge in [-0.2, -0.15) is 0 Å². The van der Waals surface area contributed by atoms with Gasteiger partial charge in [-0.3, -0.25) is 0 Å². The van der Waals surface area contributed by atoms with Crippen LogP contribution in [0.25, 0.3) is 0 Å². The van der Waals surface area contributed by atoms with Crippen molar-refractivity contribution in [1.82, 2.24) is 0 Å². The minimum Gasteiger partial charge on any atom is -0.243 e. The minimum absolute atomic E-state index is 0.0544. The molecular weight excluding hydrogens is 182 g/mol. The Morgan fingerprint density at radius 2 is 2.00 bits per heavy atom. The largest absolute Gasteiger partial charge is 0.243 e. The fourth-order valence-electron chi connectivity index (χ4n) is 2.19. The van der Waals surface area contributed by atoms with Crippen LogP contribution in [0.2, 0.25) is 0 Å². The van der Waals surface area contributed by atoms with Gasteiger partial charge in [-0.05, 0) is 43.8 Å². The van der Waals surface area contributed by atoms with E-state index in [4.69, 9.17) is 0 Å². The summed E-state index contributed by atoms with van der Waals surface area (Å²) < 4.78 is 27.0. The second-order valence-corrected chi connectivity index (χ2v) is 4.24. The number of halogens is 2. The summed E-state index contributed by atoms with van der Waals surface area (Å²) in [5, 5.41) is 0. The van der Waals surface area contributed by atoms with Crippen molar-refractivity contribution in [3.05, 3.63) is 34.7 Å². The number of fused-ring (bicyclic) bond motifs is 1. The maximum absolute atomic E-state index is 13.6. The van der Waals surface area contributed by atoms with Gasteiger partial charge >= 0.3 is 0 Å². The van der Waals surface area contributed by atoms with Gasteiger partial charge < -0.3 is 0 Å². The molecule has 76 valence electrons. The lowest BCUT2D eigenvalue weighted by molar-refractivity contribution is 0.294. The van der Waals surface area contributed by atoms with E-state index in [1.54, 1.807) is 13.0 Å². The van der Waals surface area contributed by atoms with E-state index in [9.17, 15) is 8.78 Å². The first-order chi connectivity index (χ1) is 6.59. The van der Waals surface area contributed by atoms with E-state index >= 15 is 0 Å². The Morgan fingerprint density at radius 1 is 1.29 bits per heavy atom. The molecule has 0 bridgehead atoms. The Labute approximate surface area is 83.0 Å². The predicted molar refractivity (Wildman–Crippen MR) is 53.3 cm³/mol. The molecule has 0 amide bonds. The van der Waals surface area contributed by atoms with Gasteiger partial charge in [-0.25, -0.2) is 8.78 Å². The summed E-state index contributed by atoms with van der Waals surface area (Å²) in [6.07, 6.45) is 3.87. The van der Waals surface area contributed by atoms with Gasteiger partial charge in [0.05, 0.1) is 0 Å². The number of allylic oxidation sites excluding steroid dienone is 6. The van der Waals surface area contributed by atoms with E-state index in [-0.39, 0.29) is 17.3 Å². The topological polar surface area (TPSA) is 0 Å². The summed E-state index contributed by atoms with van der Waals surface area (Å²) in [6, 6.07) is 0. The number of hydrogen-bond acceptors (Lipinski definition) is 0. The van der Waals surface area contributed by atoms with E-state index in [1.807, 2.05) is 13.0 Å². The molecule has 2 aliphatic rings. The maximum Gasteiger partial charge on any atom is 0.128 e. The molecule has 0 fully saturated rings. The second kappa shape index (κ2) is 3.34. The molecule has 14 heavy (non-hydrogen) atoms. The van der Waals surface area contributed by atoms with Gasteiger partial charge in [0.15, 0.2) is 0 Å². The van der Waals surface area contributed by atoms with Crippen molar-refractivity contribution in [1.29, 1.82) is 0 Å². The van der Waals surface area contributed by atoms with Crippen molar-refractivity contribution in [3.8, 4) is 0 Å². The van der Waals surface area contributed by atoms with Crippen molar-refractivity contribution in [3.63, 3.8) is 0 Å². The Balaban J connectivity index is 2.41. The lowest BCUT2D eigenvalue weighted by Crippen LogP contribution is -2.22. The van der Waals surface area contributed by atoms with Crippen LogP contribution < -0.4 is 0 Å². The highest BCUT2D eigenvalue weighted by atomic mass is 19.1. The van der Waals surface area contributed by atoms with E-state index in [0.29, 0.717) is 12.0 Å². The average molecular weight is 196 g/mol. The molecular formula is C12H14F2. The van der Waals surface area contributed by atoms with Crippen molar-refractivity contribution in [2.45, 2.75) is 32.9 Å². The third kappa shape index (κ3) is 1.43. The Hall–Kier alpha value is -0.920. The molecule has 0 N–H and O–H groups in total. The van der Waals surface area contributed by atoms with E-state index < -0.39 is 6.17 Å². The Morgan fingerprint density at radius 3 is 2.71 bits per heavy atom. The van der Waals surface area contributed by atoms with Gasteiger partial charge in [-0.1, -0.05) is 17.7 Å². The van der Waals surface area contributed by atoms with Crippen LogP contribution in [-0.4, -0.2) is 6.17 Å². The highest BCUT2D eigenvalue weighted by Crippen LogP contribution is 2.41. The quantitative estimate of drug-likeness (QED) is 0.551. The van der Waals surface area contributed by atoms with Crippen molar-refractivity contribution in [2.75, 3.05) is 0 Å². The Kier molecular flexibility index (Phi) is 2.30. The lowest BCUT2D eigenvalue weighted by atomic mass is 9.78. The van der Waals surface area contributed by atoms with Crippen LogP contribution in [0.1, 0.15) is 26.7 Å². The first-order valence-corrected chi connectivity index (χ1v) is 4.97. The Bertz CT molecular complexity index is 347. The number of rotatable bonds is 0. The van der Waals surface area contributed by atoms with Crippen LogP contribution in [0.3, 0.4) is 0 Å². The maximum atomic E-state index is 13.6. The fraction of sp³-hybridized carbons (Fsp3) is 0.500. The SMILES string of the molecule is CC1=CC=C2C(F)=C(C)C(F)CC2C1. The van der Waals surface area contributed by atoms with Crippen LogP contribution >= 0.6 is 0 Å². The third-order valence-electron chi connectivity index (χ3n) is 3.12. The molecule has 0 spiro atoms. The molecule has 2 heteroatoms. The highest BCUT2D eigenvalue weighted by molar-refractivity contribution is 5.42. The van der Waals surface area contributed by atoms with Gasteiger partial charge in [0.2, 0.25) is 0 Å². The van der Waals surface area contributed by atoms with Gasteiger partial charge in [0, 0.05) is 0 Å². The van der Waals surface area contributed by atoms with Crippen molar-refractivity contribution >= 4 is 0 Å². The molecule has 2 unspecified atom stereocenters. The van der Waals surface area contributed by atoms with Crippen LogP contribution in [0, 0.1) is 5.92 Å². The summed E-state index contributed by atoms with van der Waals surface area (Å²) in [5.74, 6) is -0.267. The summed E-state index contributed by atoms with van der Waals surface area (Å²) in [5.41, 5.74) is 2.17. The molecule has 0 nitrogen and oxygen atoms in total. The highest BCUT2D eigenvalue weighted by Gasteiger charge is 2.32. The zero-order valence-corrected chi connectivity index (χ0v) is 8.48.